The number of hydrogen-bond acceptors (Lipinski definition) is 4. The van der Waals surface area contributed by atoms with Crippen molar-refractivity contribution >= 4 is 33.9 Å². The van der Waals surface area contributed by atoms with Crippen LogP contribution in [0.2, 0.25) is 0 Å². The molecule has 0 saturated heterocycles. The van der Waals surface area contributed by atoms with Crippen molar-refractivity contribution in [1.29, 1.82) is 0 Å². The van der Waals surface area contributed by atoms with Crippen LogP contribution in [-0.2, 0) is 0 Å². The number of halogens is 1. The normalized spacial score (nSPS) is 11.8. The van der Waals surface area contributed by atoms with Crippen molar-refractivity contribution in [2.45, 2.75) is 6.92 Å². The maximum atomic E-state index is 11.3. The van der Waals surface area contributed by atoms with Crippen molar-refractivity contribution in [2.24, 2.45) is 5.10 Å². The molecule has 1 heterocycles. The summed E-state index contributed by atoms with van der Waals surface area (Å²) >= 11 is 3.17. The maximum absolute atomic E-state index is 11.3. The highest BCUT2D eigenvalue weighted by Gasteiger charge is 2.01. The van der Waals surface area contributed by atoms with E-state index in [0.717, 1.165) is 11.1 Å². The third kappa shape index (κ3) is 3.89. The number of allylic oxidation sites excluding steroid dienone is 1. The van der Waals surface area contributed by atoms with Crippen molar-refractivity contribution in [3.8, 4) is 0 Å². The molecule has 2 rings (SSSR count). The van der Waals surface area contributed by atoms with Gasteiger partial charge in [0.05, 0.1) is 18.1 Å². The topological polar surface area (TPSA) is 70.1 Å². The summed E-state index contributed by atoms with van der Waals surface area (Å²) < 4.78 is 0.370. The lowest BCUT2D eigenvalue weighted by molar-refractivity contribution is 0.977. The van der Waals surface area contributed by atoms with Crippen LogP contribution in [0.3, 0.4) is 0 Å². The number of aromatic nitrogens is 2. The molecule has 0 aliphatic heterocycles. The lowest BCUT2D eigenvalue weighted by atomic mass is 10.1. The first-order valence-electron chi connectivity index (χ1n) is 5.92. The number of hydrazone groups is 1. The lowest BCUT2D eigenvalue weighted by Gasteiger charge is -2.00. The quantitative estimate of drug-likeness (QED) is 0.667. The third-order valence-electron chi connectivity index (χ3n) is 2.44. The molecule has 6 heteroatoms. The molecular weight excluding hydrogens is 320 g/mol. The van der Waals surface area contributed by atoms with E-state index in [4.69, 9.17) is 0 Å². The molecule has 1 aromatic carbocycles. The van der Waals surface area contributed by atoms with E-state index in [9.17, 15) is 4.79 Å². The van der Waals surface area contributed by atoms with E-state index in [-0.39, 0.29) is 5.56 Å². The Morgan fingerprint density at radius 1 is 1.40 bits per heavy atom. The molecule has 102 valence electrons. The number of anilines is 1. The molecule has 20 heavy (non-hydrogen) atoms. The first kappa shape index (κ1) is 14.2. The number of rotatable bonds is 4. The zero-order chi connectivity index (χ0) is 14.4. The lowest BCUT2D eigenvalue weighted by Crippen LogP contribution is -2.10. The van der Waals surface area contributed by atoms with Gasteiger partial charge in [-0.15, -0.1) is 0 Å². The van der Waals surface area contributed by atoms with Gasteiger partial charge in [-0.1, -0.05) is 36.4 Å². The Kier molecular flexibility index (Phi) is 4.84. The Labute approximate surface area is 124 Å². The molecular formula is C14H13BrN4O. The van der Waals surface area contributed by atoms with Gasteiger partial charge < -0.3 is 0 Å². The first-order chi connectivity index (χ1) is 9.66. The SMILES string of the molecule is CC(/C=N/Nc1cn[nH]c(=O)c1Br)=C\c1ccccc1. The van der Waals surface area contributed by atoms with Gasteiger partial charge in [-0.05, 0) is 34.0 Å². The largest absolute Gasteiger partial charge is 0.280 e. The van der Waals surface area contributed by atoms with Crippen LogP contribution in [-0.4, -0.2) is 16.4 Å². The van der Waals surface area contributed by atoms with Crippen LogP contribution in [0, 0.1) is 0 Å². The molecule has 5 nitrogen and oxygen atoms in total. The average Bonchev–Trinajstić information content (AvgIpc) is 2.44. The molecule has 0 fully saturated rings. The maximum Gasteiger partial charge on any atom is 0.280 e. The standard InChI is InChI=1S/C14H13BrN4O/c1-10(7-11-5-3-2-4-6-11)8-16-18-12-9-17-19-14(20)13(12)15/h2-9H,1H3,(H2,18,19,20)/b10-7+,16-8+. The van der Waals surface area contributed by atoms with Crippen LogP contribution in [0.5, 0.6) is 0 Å². The van der Waals surface area contributed by atoms with Crippen molar-refractivity contribution in [3.63, 3.8) is 0 Å². The number of nitrogens with zero attached hydrogens (tertiary/aromatic N) is 2. The summed E-state index contributed by atoms with van der Waals surface area (Å²) in [5.41, 5.74) is 5.07. The average molecular weight is 333 g/mol. The van der Waals surface area contributed by atoms with Crippen LogP contribution in [0.15, 0.2) is 56.5 Å². The summed E-state index contributed by atoms with van der Waals surface area (Å²) in [6, 6.07) is 9.96. The van der Waals surface area contributed by atoms with Crippen LogP contribution in [0.4, 0.5) is 5.69 Å². The second kappa shape index (κ2) is 6.81. The second-order valence-corrected chi connectivity index (χ2v) is 4.89. The van der Waals surface area contributed by atoms with Gasteiger partial charge in [-0.3, -0.25) is 10.2 Å². The summed E-state index contributed by atoms with van der Waals surface area (Å²) in [6.07, 6.45) is 5.18. The highest BCUT2D eigenvalue weighted by molar-refractivity contribution is 9.10. The minimum absolute atomic E-state index is 0.304. The fraction of sp³-hybridized carbons (Fsp3) is 0.0714. The van der Waals surface area contributed by atoms with E-state index in [1.807, 2.05) is 43.3 Å². The van der Waals surface area contributed by atoms with Crippen molar-refractivity contribution < 1.29 is 0 Å². The van der Waals surface area contributed by atoms with Gasteiger partial charge in [-0.25, -0.2) is 5.10 Å². The van der Waals surface area contributed by atoms with Crippen molar-refractivity contribution in [2.75, 3.05) is 5.43 Å². The number of nitrogens with one attached hydrogen (secondary N) is 2. The van der Waals surface area contributed by atoms with E-state index in [1.165, 1.54) is 6.20 Å². The summed E-state index contributed by atoms with van der Waals surface area (Å²) in [6.45, 7) is 1.95. The Morgan fingerprint density at radius 2 is 2.15 bits per heavy atom. The first-order valence-corrected chi connectivity index (χ1v) is 6.72. The van der Waals surface area contributed by atoms with Gasteiger partial charge in [0.15, 0.2) is 0 Å². The Balaban J connectivity index is 2.05. The monoisotopic (exact) mass is 332 g/mol. The van der Waals surface area contributed by atoms with Crippen molar-refractivity contribution in [3.05, 3.63) is 62.5 Å². The van der Waals surface area contributed by atoms with Gasteiger partial charge in [0.1, 0.15) is 4.47 Å². The van der Waals surface area contributed by atoms with Gasteiger partial charge in [0.2, 0.25) is 0 Å². The van der Waals surface area contributed by atoms with Crippen LogP contribution < -0.4 is 11.0 Å². The fourth-order valence-corrected chi connectivity index (χ4v) is 1.79. The van der Waals surface area contributed by atoms with Gasteiger partial charge >= 0.3 is 0 Å². The number of aromatic amines is 1. The Morgan fingerprint density at radius 3 is 2.90 bits per heavy atom. The molecule has 2 aromatic rings. The molecule has 0 unspecified atom stereocenters. The zero-order valence-corrected chi connectivity index (χ0v) is 12.4. The Bertz CT molecular complexity index is 692. The molecule has 1 aromatic heterocycles. The predicted octanol–water partition coefficient (Wildman–Crippen LogP) is 3.03. The van der Waals surface area contributed by atoms with Crippen LogP contribution in [0.1, 0.15) is 12.5 Å². The molecule has 0 saturated carbocycles. The fourth-order valence-electron chi connectivity index (χ4n) is 1.51. The smallest absolute Gasteiger partial charge is 0.276 e. The van der Waals surface area contributed by atoms with Gasteiger partial charge in [0.25, 0.3) is 5.56 Å². The number of hydrogen-bond donors (Lipinski definition) is 2. The third-order valence-corrected chi connectivity index (χ3v) is 3.23. The predicted molar refractivity (Wildman–Crippen MR) is 84.8 cm³/mol. The van der Waals surface area contributed by atoms with E-state index in [2.05, 4.69) is 36.7 Å². The highest BCUT2D eigenvalue weighted by atomic mass is 79.9. The zero-order valence-electron chi connectivity index (χ0n) is 10.8. The molecule has 0 amide bonds. The molecule has 0 spiro atoms. The molecule has 0 atom stereocenters. The Hall–Kier alpha value is -2.21. The molecule has 2 N–H and O–H groups in total. The number of benzene rings is 1. The van der Waals surface area contributed by atoms with E-state index in [0.29, 0.717) is 10.2 Å². The van der Waals surface area contributed by atoms with E-state index >= 15 is 0 Å². The van der Waals surface area contributed by atoms with E-state index in [1.54, 1.807) is 6.21 Å². The van der Waals surface area contributed by atoms with Gasteiger partial charge in [0, 0.05) is 0 Å². The second-order valence-electron chi connectivity index (χ2n) is 4.10. The summed E-state index contributed by atoms with van der Waals surface area (Å²) in [5, 5.41) is 10.1. The van der Waals surface area contributed by atoms with Gasteiger partial charge in [-0.2, -0.15) is 10.2 Å². The highest BCUT2D eigenvalue weighted by Crippen LogP contribution is 2.14. The minimum atomic E-state index is -0.304. The summed E-state index contributed by atoms with van der Waals surface area (Å²) in [5.74, 6) is 0. The molecule has 0 aliphatic rings. The summed E-state index contributed by atoms with van der Waals surface area (Å²) in [7, 11) is 0. The summed E-state index contributed by atoms with van der Waals surface area (Å²) in [4.78, 5) is 11.3. The van der Waals surface area contributed by atoms with Crippen molar-refractivity contribution in [1.82, 2.24) is 10.2 Å². The van der Waals surface area contributed by atoms with E-state index < -0.39 is 0 Å². The minimum Gasteiger partial charge on any atom is -0.276 e. The van der Waals surface area contributed by atoms with Crippen LogP contribution >= 0.6 is 15.9 Å². The molecule has 0 aliphatic carbocycles. The molecule has 0 radical (unpaired) electrons. The number of H-pyrrole nitrogens is 1. The molecule has 0 bridgehead atoms. The van der Waals surface area contributed by atoms with Crippen LogP contribution in [0.25, 0.3) is 6.08 Å².